The Balaban J connectivity index is 2.51. The summed E-state index contributed by atoms with van der Waals surface area (Å²) in [4.78, 5) is 13.7. The van der Waals surface area contributed by atoms with Crippen molar-refractivity contribution in [2.75, 3.05) is 25.5 Å². The summed E-state index contributed by atoms with van der Waals surface area (Å²) >= 11 is 3.51. The van der Waals surface area contributed by atoms with Gasteiger partial charge in [0.2, 0.25) is 5.91 Å². The van der Waals surface area contributed by atoms with E-state index in [-0.39, 0.29) is 11.8 Å². The minimum Gasteiger partial charge on any atom is -0.319 e. The van der Waals surface area contributed by atoms with Crippen molar-refractivity contribution in [3.63, 3.8) is 0 Å². The number of carbonyl (C=O) groups is 1. The highest BCUT2D eigenvalue weighted by atomic mass is 79.9. The molecule has 1 amide bonds. The lowest BCUT2D eigenvalue weighted by molar-refractivity contribution is -0.118. The Labute approximate surface area is 97.6 Å². The summed E-state index contributed by atoms with van der Waals surface area (Å²) in [5, 5.41) is 3.06. The van der Waals surface area contributed by atoms with E-state index in [1.165, 1.54) is 0 Å². The van der Waals surface area contributed by atoms with E-state index in [2.05, 4.69) is 21.2 Å². The van der Waals surface area contributed by atoms with Gasteiger partial charge in [0.15, 0.2) is 0 Å². The molecule has 1 heterocycles. The van der Waals surface area contributed by atoms with Gasteiger partial charge in [0.1, 0.15) is 0 Å². The molecule has 1 aliphatic heterocycles. The fourth-order valence-electron chi connectivity index (χ4n) is 2.03. The van der Waals surface area contributed by atoms with Crippen molar-refractivity contribution < 1.29 is 4.79 Å². The van der Waals surface area contributed by atoms with E-state index in [1.54, 1.807) is 4.90 Å². The van der Waals surface area contributed by atoms with Crippen LogP contribution >= 0.6 is 15.9 Å². The van der Waals surface area contributed by atoms with Crippen molar-refractivity contribution >= 4 is 27.5 Å². The van der Waals surface area contributed by atoms with Gasteiger partial charge in [-0.3, -0.25) is 4.79 Å². The summed E-state index contributed by atoms with van der Waals surface area (Å²) < 4.78 is 1.01. The number of halogens is 1. The second-order valence-corrected chi connectivity index (χ2v) is 4.53. The number of hydrogen-bond donors (Lipinski definition) is 1. The first-order valence-electron chi connectivity index (χ1n) is 4.87. The monoisotopic (exact) mass is 268 g/mol. The molecule has 0 fully saturated rings. The number of rotatable bonds is 2. The van der Waals surface area contributed by atoms with Gasteiger partial charge in [0.25, 0.3) is 0 Å². The van der Waals surface area contributed by atoms with Gasteiger partial charge < -0.3 is 10.2 Å². The number of fused-ring (bicyclic) bond motifs is 1. The zero-order chi connectivity index (χ0) is 11.0. The number of benzene rings is 1. The average Bonchev–Trinajstić information content (AvgIpc) is 2.46. The predicted octanol–water partition coefficient (Wildman–Crippen LogP) is 1.73. The van der Waals surface area contributed by atoms with Crippen LogP contribution in [0.5, 0.6) is 0 Å². The minimum atomic E-state index is -0.0643. The van der Waals surface area contributed by atoms with Crippen LogP contribution in [0.2, 0.25) is 0 Å². The number of likely N-dealkylation sites (N-methyl/N-ethyl adjacent to an activating group) is 2. The lowest BCUT2D eigenvalue weighted by atomic mass is 10.0. The van der Waals surface area contributed by atoms with E-state index in [0.29, 0.717) is 6.54 Å². The normalized spacial score (nSPS) is 19.5. The summed E-state index contributed by atoms with van der Waals surface area (Å²) in [6.45, 7) is 0.679. The molecule has 4 heteroatoms. The maximum atomic E-state index is 12.0. The van der Waals surface area contributed by atoms with Crippen LogP contribution in [0.3, 0.4) is 0 Å². The van der Waals surface area contributed by atoms with Crippen molar-refractivity contribution in [1.29, 1.82) is 0 Å². The molecule has 1 aliphatic rings. The molecule has 3 nitrogen and oxygen atoms in total. The third-order valence-corrected chi connectivity index (χ3v) is 3.47. The number of nitrogens with zero attached hydrogens (tertiary/aromatic N) is 1. The highest BCUT2D eigenvalue weighted by Crippen LogP contribution is 2.40. The van der Waals surface area contributed by atoms with Crippen molar-refractivity contribution in [3.8, 4) is 0 Å². The van der Waals surface area contributed by atoms with Crippen LogP contribution in [0.25, 0.3) is 0 Å². The van der Waals surface area contributed by atoms with Gasteiger partial charge >= 0.3 is 0 Å². The number of nitrogens with one attached hydrogen (secondary N) is 1. The molecular weight excluding hydrogens is 256 g/mol. The molecular formula is C11H13BrN2O. The second-order valence-electron chi connectivity index (χ2n) is 3.68. The van der Waals surface area contributed by atoms with Gasteiger partial charge in [0, 0.05) is 29.3 Å². The molecule has 0 saturated carbocycles. The maximum Gasteiger partial charge on any atom is 0.235 e. The van der Waals surface area contributed by atoms with Gasteiger partial charge in [0.05, 0.1) is 5.92 Å². The molecule has 1 N–H and O–H groups in total. The summed E-state index contributed by atoms with van der Waals surface area (Å²) in [6.07, 6.45) is 0. The third kappa shape index (κ3) is 1.58. The Kier molecular flexibility index (Phi) is 2.80. The fourth-order valence-corrected chi connectivity index (χ4v) is 2.66. The highest BCUT2D eigenvalue weighted by molar-refractivity contribution is 9.10. The van der Waals surface area contributed by atoms with Crippen molar-refractivity contribution in [1.82, 2.24) is 5.32 Å². The first kappa shape index (κ1) is 10.6. The largest absolute Gasteiger partial charge is 0.319 e. The molecule has 1 aromatic rings. The Morgan fingerprint density at radius 2 is 2.27 bits per heavy atom. The lowest BCUT2D eigenvalue weighted by Gasteiger charge is -2.10. The molecule has 15 heavy (non-hydrogen) atoms. The number of hydrogen-bond acceptors (Lipinski definition) is 2. The molecule has 0 aromatic heterocycles. The average molecular weight is 269 g/mol. The molecule has 0 radical (unpaired) electrons. The van der Waals surface area contributed by atoms with E-state index >= 15 is 0 Å². The fraction of sp³-hybridized carbons (Fsp3) is 0.364. The number of carbonyl (C=O) groups excluding carboxylic acids is 1. The smallest absolute Gasteiger partial charge is 0.235 e. The Hall–Kier alpha value is -0.870. The highest BCUT2D eigenvalue weighted by Gasteiger charge is 2.35. The van der Waals surface area contributed by atoms with Crippen LogP contribution in [0.15, 0.2) is 22.7 Å². The SMILES string of the molecule is CNCC1C(=O)N(C)c2cccc(Br)c21. The molecule has 0 spiro atoms. The van der Waals surface area contributed by atoms with Gasteiger partial charge in [-0.25, -0.2) is 0 Å². The van der Waals surface area contributed by atoms with E-state index in [9.17, 15) is 4.79 Å². The Bertz CT molecular complexity index is 406. The van der Waals surface area contributed by atoms with Gasteiger partial charge in [-0.05, 0) is 19.2 Å². The van der Waals surface area contributed by atoms with Gasteiger partial charge in [-0.1, -0.05) is 22.0 Å². The molecule has 0 saturated heterocycles. The second kappa shape index (κ2) is 3.94. The summed E-state index contributed by atoms with van der Waals surface area (Å²) in [5.41, 5.74) is 2.11. The summed E-state index contributed by atoms with van der Waals surface area (Å²) in [6, 6.07) is 5.91. The van der Waals surface area contributed by atoms with Crippen LogP contribution in [0.1, 0.15) is 11.5 Å². The van der Waals surface area contributed by atoms with E-state index in [4.69, 9.17) is 0 Å². The lowest BCUT2D eigenvalue weighted by Crippen LogP contribution is -2.29. The molecule has 1 atom stereocenters. The zero-order valence-electron chi connectivity index (χ0n) is 8.75. The van der Waals surface area contributed by atoms with Crippen LogP contribution in [0.4, 0.5) is 5.69 Å². The van der Waals surface area contributed by atoms with Crippen LogP contribution in [-0.4, -0.2) is 26.5 Å². The van der Waals surface area contributed by atoms with E-state index in [1.807, 2.05) is 32.3 Å². The minimum absolute atomic E-state index is 0.0643. The number of amides is 1. The van der Waals surface area contributed by atoms with E-state index < -0.39 is 0 Å². The molecule has 0 bridgehead atoms. The van der Waals surface area contributed by atoms with Gasteiger partial charge in [-0.2, -0.15) is 0 Å². The maximum absolute atomic E-state index is 12.0. The van der Waals surface area contributed by atoms with Crippen LogP contribution in [-0.2, 0) is 4.79 Å². The molecule has 80 valence electrons. The van der Waals surface area contributed by atoms with Crippen LogP contribution in [0, 0.1) is 0 Å². The zero-order valence-corrected chi connectivity index (χ0v) is 10.3. The quantitative estimate of drug-likeness (QED) is 0.886. The first-order chi connectivity index (χ1) is 7.16. The van der Waals surface area contributed by atoms with Crippen molar-refractivity contribution in [2.45, 2.75) is 5.92 Å². The standard InChI is InChI=1S/C11H13BrN2O/c1-13-6-7-10-8(12)4-3-5-9(10)14(2)11(7)15/h3-5,7,13H,6H2,1-2H3. The predicted molar refractivity (Wildman–Crippen MR) is 64.2 cm³/mol. The molecule has 0 aliphatic carbocycles. The van der Waals surface area contributed by atoms with Gasteiger partial charge in [-0.15, -0.1) is 0 Å². The summed E-state index contributed by atoms with van der Waals surface area (Å²) in [5.74, 6) is 0.0943. The Morgan fingerprint density at radius 3 is 2.93 bits per heavy atom. The van der Waals surface area contributed by atoms with E-state index in [0.717, 1.165) is 15.7 Å². The summed E-state index contributed by atoms with van der Waals surface area (Å²) in [7, 11) is 3.69. The Morgan fingerprint density at radius 1 is 1.53 bits per heavy atom. The van der Waals surface area contributed by atoms with Crippen molar-refractivity contribution in [2.24, 2.45) is 0 Å². The molecule has 1 unspecified atom stereocenters. The van der Waals surface area contributed by atoms with Crippen molar-refractivity contribution in [3.05, 3.63) is 28.2 Å². The van der Waals surface area contributed by atoms with Crippen LogP contribution < -0.4 is 10.2 Å². The first-order valence-corrected chi connectivity index (χ1v) is 5.66. The third-order valence-electron chi connectivity index (χ3n) is 2.78. The number of anilines is 1. The molecule has 1 aromatic carbocycles. The topological polar surface area (TPSA) is 32.3 Å². The molecule has 2 rings (SSSR count).